The summed E-state index contributed by atoms with van der Waals surface area (Å²) in [5.41, 5.74) is 0. The van der Waals surface area contributed by atoms with Crippen LogP contribution in [-0.2, 0) is 10.8 Å². The average Bonchev–Trinajstić information content (AvgIpc) is 1.64. The molecule has 0 fully saturated rings. The zero-order chi connectivity index (χ0) is 7.44. The fraction of sp³-hybridized carbons (Fsp3) is 1.00. The molecule has 0 aliphatic rings. The second-order valence-electron chi connectivity index (χ2n) is 1.84. The van der Waals surface area contributed by atoms with Gasteiger partial charge < -0.3 is 5.11 Å². The van der Waals surface area contributed by atoms with Gasteiger partial charge in [0.1, 0.15) is 4.58 Å². The van der Waals surface area contributed by atoms with Gasteiger partial charge in [-0.25, -0.2) is 0 Å². The van der Waals surface area contributed by atoms with Gasteiger partial charge in [0.15, 0.2) is 0 Å². The molecule has 0 bridgehead atoms. The van der Waals surface area contributed by atoms with Crippen LogP contribution in [0.25, 0.3) is 0 Å². The quantitative estimate of drug-likeness (QED) is 0.664. The predicted octanol–water partition coefficient (Wildman–Crippen LogP) is 0.435. The molecule has 56 valence electrons. The van der Waals surface area contributed by atoms with E-state index in [2.05, 4.69) is 0 Å². The maximum atomic E-state index is 10.7. The van der Waals surface area contributed by atoms with Gasteiger partial charge in [-0.2, -0.15) is 0 Å². The van der Waals surface area contributed by atoms with E-state index < -0.39 is 16.9 Å². The molecule has 3 unspecified atom stereocenters. The summed E-state index contributed by atoms with van der Waals surface area (Å²) in [6.45, 7) is 1.66. The van der Waals surface area contributed by atoms with Gasteiger partial charge in [0.25, 0.3) is 0 Å². The first-order valence-electron chi connectivity index (χ1n) is 2.62. The van der Waals surface area contributed by atoms with E-state index in [1.807, 2.05) is 6.26 Å². The highest BCUT2D eigenvalue weighted by Gasteiger charge is 2.16. The molecule has 0 amide bonds. The standard InChI is InChI=1S/C5H12O2S2/c1-4(6)5(8-2)9(3)7/h4-6H,1-3H3. The van der Waals surface area contributed by atoms with Crippen molar-refractivity contribution in [3.05, 3.63) is 0 Å². The van der Waals surface area contributed by atoms with Crippen molar-refractivity contribution in [2.45, 2.75) is 17.6 Å². The van der Waals surface area contributed by atoms with Gasteiger partial charge in [-0.05, 0) is 13.2 Å². The molecule has 1 N–H and O–H groups in total. The first-order chi connectivity index (χ1) is 4.09. The highest BCUT2D eigenvalue weighted by molar-refractivity contribution is 8.10. The Morgan fingerprint density at radius 2 is 2.11 bits per heavy atom. The summed E-state index contributed by atoms with van der Waals surface area (Å²) < 4.78 is 10.6. The summed E-state index contributed by atoms with van der Waals surface area (Å²) in [5.74, 6) is 0. The largest absolute Gasteiger partial charge is 0.391 e. The number of rotatable bonds is 3. The topological polar surface area (TPSA) is 37.3 Å². The van der Waals surface area contributed by atoms with E-state index in [-0.39, 0.29) is 4.58 Å². The molecular weight excluding hydrogens is 156 g/mol. The molecule has 3 atom stereocenters. The lowest BCUT2D eigenvalue weighted by Crippen LogP contribution is -2.23. The Kier molecular flexibility index (Phi) is 4.52. The van der Waals surface area contributed by atoms with Gasteiger partial charge in [-0.15, -0.1) is 11.8 Å². The van der Waals surface area contributed by atoms with Crippen LogP contribution in [0.1, 0.15) is 6.92 Å². The minimum absolute atomic E-state index is 0.134. The molecule has 0 aromatic carbocycles. The predicted molar refractivity (Wildman–Crippen MR) is 43.1 cm³/mol. The number of aliphatic hydroxyl groups excluding tert-OH is 1. The molecule has 2 nitrogen and oxygen atoms in total. The van der Waals surface area contributed by atoms with Crippen LogP contribution < -0.4 is 0 Å². The van der Waals surface area contributed by atoms with Gasteiger partial charge in [0.05, 0.1) is 6.10 Å². The summed E-state index contributed by atoms with van der Waals surface area (Å²) in [7, 11) is -0.921. The zero-order valence-corrected chi connectivity index (χ0v) is 7.46. The fourth-order valence-electron chi connectivity index (χ4n) is 0.610. The molecule has 0 rings (SSSR count). The maximum Gasteiger partial charge on any atom is 0.105 e. The summed E-state index contributed by atoms with van der Waals surface area (Å²) in [5, 5.41) is 8.97. The molecule has 0 heterocycles. The highest BCUT2D eigenvalue weighted by Crippen LogP contribution is 2.13. The molecule has 4 heteroatoms. The third kappa shape index (κ3) is 3.23. The highest BCUT2D eigenvalue weighted by atomic mass is 32.2. The Hall–Kier alpha value is 0.460. The van der Waals surface area contributed by atoms with E-state index in [1.54, 1.807) is 13.2 Å². The molecule has 0 aliphatic heterocycles. The number of hydrogen-bond donors (Lipinski definition) is 1. The molecule has 0 saturated heterocycles. The Morgan fingerprint density at radius 3 is 2.11 bits per heavy atom. The molecular formula is C5H12O2S2. The third-order valence-electron chi connectivity index (χ3n) is 0.953. The van der Waals surface area contributed by atoms with E-state index in [0.717, 1.165) is 0 Å². The lowest BCUT2D eigenvalue weighted by molar-refractivity contribution is 0.212. The van der Waals surface area contributed by atoms with Gasteiger partial charge in [-0.1, -0.05) is 0 Å². The van der Waals surface area contributed by atoms with Crippen molar-refractivity contribution in [1.29, 1.82) is 0 Å². The van der Waals surface area contributed by atoms with Crippen molar-refractivity contribution in [1.82, 2.24) is 0 Å². The SMILES string of the molecule is CSC(C(C)O)S(C)=O. The molecule has 0 aliphatic carbocycles. The van der Waals surface area contributed by atoms with Crippen LogP contribution >= 0.6 is 11.8 Å². The van der Waals surface area contributed by atoms with E-state index in [9.17, 15) is 4.21 Å². The minimum Gasteiger partial charge on any atom is -0.391 e. The van der Waals surface area contributed by atoms with Crippen LogP contribution in [0.5, 0.6) is 0 Å². The molecule has 0 radical (unpaired) electrons. The van der Waals surface area contributed by atoms with Crippen molar-refractivity contribution in [3.8, 4) is 0 Å². The van der Waals surface area contributed by atoms with Crippen LogP contribution in [0, 0.1) is 0 Å². The minimum atomic E-state index is -0.921. The molecule has 0 aromatic rings. The van der Waals surface area contributed by atoms with Crippen molar-refractivity contribution >= 4 is 22.6 Å². The number of hydrogen-bond acceptors (Lipinski definition) is 3. The zero-order valence-electron chi connectivity index (χ0n) is 5.83. The van der Waals surface area contributed by atoms with Crippen molar-refractivity contribution in [2.75, 3.05) is 12.5 Å². The number of aliphatic hydroxyl groups is 1. The van der Waals surface area contributed by atoms with Crippen LogP contribution in [-0.4, -0.2) is 32.5 Å². The van der Waals surface area contributed by atoms with E-state index in [1.165, 1.54) is 11.8 Å². The first kappa shape index (κ1) is 9.46. The lowest BCUT2D eigenvalue weighted by atomic mass is 10.5. The smallest absolute Gasteiger partial charge is 0.105 e. The Balaban J connectivity index is 3.83. The van der Waals surface area contributed by atoms with Gasteiger partial charge in [0.2, 0.25) is 0 Å². The third-order valence-corrected chi connectivity index (χ3v) is 4.25. The van der Waals surface area contributed by atoms with Crippen molar-refractivity contribution in [3.63, 3.8) is 0 Å². The Labute approximate surface area is 62.5 Å². The summed E-state index contributed by atoms with van der Waals surface area (Å²) >= 11 is 1.44. The molecule has 0 aromatic heterocycles. The van der Waals surface area contributed by atoms with Gasteiger partial charge in [-0.3, -0.25) is 4.21 Å². The number of thioether (sulfide) groups is 1. The summed E-state index contributed by atoms with van der Waals surface area (Å²) in [4.78, 5) is 0. The monoisotopic (exact) mass is 168 g/mol. The van der Waals surface area contributed by atoms with Gasteiger partial charge >= 0.3 is 0 Å². The van der Waals surface area contributed by atoms with Crippen LogP contribution in [0.3, 0.4) is 0 Å². The molecule has 9 heavy (non-hydrogen) atoms. The average molecular weight is 168 g/mol. The molecule has 0 saturated carbocycles. The van der Waals surface area contributed by atoms with Crippen LogP contribution in [0.4, 0.5) is 0 Å². The van der Waals surface area contributed by atoms with Crippen LogP contribution in [0.2, 0.25) is 0 Å². The first-order valence-corrected chi connectivity index (χ1v) is 5.53. The lowest BCUT2D eigenvalue weighted by Gasteiger charge is -2.13. The molecule has 0 spiro atoms. The summed E-state index contributed by atoms with van der Waals surface area (Å²) in [6, 6.07) is 0. The van der Waals surface area contributed by atoms with E-state index in [0.29, 0.717) is 0 Å². The van der Waals surface area contributed by atoms with Crippen molar-refractivity contribution in [2.24, 2.45) is 0 Å². The Morgan fingerprint density at radius 1 is 1.67 bits per heavy atom. The van der Waals surface area contributed by atoms with Gasteiger partial charge in [0, 0.05) is 17.1 Å². The maximum absolute atomic E-state index is 10.7. The normalized spacial score (nSPS) is 20.9. The summed E-state index contributed by atoms with van der Waals surface area (Å²) in [6.07, 6.45) is 2.97. The Bertz CT molecular complexity index is 103. The van der Waals surface area contributed by atoms with E-state index in [4.69, 9.17) is 5.11 Å². The van der Waals surface area contributed by atoms with E-state index >= 15 is 0 Å². The second-order valence-corrected chi connectivity index (χ2v) is 4.63. The fourth-order valence-corrected chi connectivity index (χ4v) is 2.64. The van der Waals surface area contributed by atoms with Crippen molar-refractivity contribution < 1.29 is 9.32 Å². The second kappa shape index (κ2) is 4.30. The van der Waals surface area contributed by atoms with Crippen LogP contribution in [0.15, 0.2) is 0 Å².